The molecule has 0 saturated heterocycles. The van der Waals surface area contributed by atoms with Crippen LogP contribution in [-0.2, 0) is 6.42 Å². The van der Waals surface area contributed by atoms with Crippen LogP contribution in [0, 0.1) is 22.5 Å². The molecule has 130 valence electrons. The first-order valence-electron chi connectivity index (χ1n) is 7.87. The quantitative estimate of drug-likeness (QED) is 0.643. The number of anilines is 2. The van der Waals surface area contributed by atoms with E-state index >= 15 is 0 Å². The van der Waals surface area contributed by atoms with Gasteiger partial charge in [0.1, 0.15) is 17.5 Å². The minimum atomic E-state index is -0.530. The second-order valence-corrected chi connectivity index (χ2v) is 6.25. The molecule has 0 amide bonds. The summed E-state index contributed by atoms with van der Waals surface area (Å²) in [6, 6.07) is 3.11. The van der Waals surface area contributed by atoms with E-state index in [0.717, 1.165) is 6.20 Å². The van der Waals surface area contributed by atoms with Gasteiger partial charge in [-0.2, -0.15) is 0 Å². The summed E-state index contributed by atoms with van der Waals surface area (Å²) in [5.41, 5.74) is 2.32. The summed E-state index contributed by atoms with van der Waals surface area (Å²) in [6.45, 7) is 1.53. The third kappa shape index (κ3) is 2.86. The van der Waals surface area contributed by atoms with Crippen LogP contribution in [0.5, 0.6) is 0 Å². The molecule has 2 N–H and O–H groups in total. The van der Waals surface area contributed by atoms with E-state index in [1.807, 2.05) is 0 Å². The summed E-state index contributed by atoms with van der Waals surface area (Å²) in [7, 11) is 3.44. The predicted molar refractivity (Wildman–Crippen MR) is 95.8 cm³/mol. The monoisotopic (exact) mass is 343 g/mol. The van der Waals surface area contributed by atoms with Gasteiger partial charge in [-0.1, -0.05) is 0 Å². The summed E-state index contributed by atoms with van der Waals surface area (Å²) in [4.78, 5) is 6.84. The average Bonchev–Trinajstić information content (AvgIpc) is 2.54. The van der Waals surface area contributed by atoms with Crippen LogP contribution in [0.15, 0.2) is 24.5 Å². The lowest BCUT2D eigenvalue weighted by Gasteiger charge is -2.31. The van der Waals surface area contributed by atoms with Crippen LogP contribution in [-0.4, -0.2) is 30.8 Å². The highest BCUT2D eigenvalue weighted by Gasteiger charge is 2.27. The second-order valence-electron chi connectivity index (χ2n) is 6.25. The van der Waals surface area contributed by atoms with E-state index in [9.17, 15) is 8.78 Å². The van der Waals surface area contributed by atoms with Crippen LogP contribution < -0.4 is 9.80 Å². The maximum atomic E-state index is 14.9. The minimum absolute atomic E-state index is 0.0963. The summed E-state index contributed by atoms with van der Waals surface area (Å²) in [6.07, 6.45) is 3.58. The molecule has 1 aliphatic rings. The molecule has 3 rings (SSSR count). The Labute approximate surface area is 144 Å². The predicted octanol–water partition coefficient (Wildman–Crippen LogP) is 3.82. The topological polar surface area (TPSA) is 67.1 Å². The summed E-state index contributed by atoms with van der Waals surface area (Å²) in [5.74, 6) is -0.705. The molecule has 25 heavy (non-hydrogen) atoms. The van der Waals surface area contributed by atoms with Crippen LogP contribution in [0.25, 0.3) is 11.1 Å². The number of fused-ring (bicyclic) bond motifs is 1. The zero-order valence-corrected chi connectivity index (χ0v) is 14.3. The standard InChI is InChI=1S/C18H19F2N5/c1-10(21)25-16(22)5-4-11-6-12(7-14(19)17(11)25)13-8-23-9-15(20)18(13)24(2)3/h6-9,21-22H,4-5H2,1-3H3. The molecule has 0 radical (unpaired) electrons. The van der Waals surface area contributed by atoms with Gasteiger partial charge in [0.25, 0.3) is 0 Å². The Bertz CT molecular complexity index is 876. The van der Waals surface area contributed by atoms with E-state index in [-0.39, 0.29) is 17.4 Å². The third-order valence-corrected chi connectivity index (χ3v) is 4.23. The van der Waals surface area contributed by atoms with Gasteiger partial charge >= 0.3 is 0 Å². The van der Waals surface area contributed by atoms with E-state index in [1.54, 1.807) is 25.1 Å². The molecular formula is C18H19F2N5. The number of aryl methyl sites for hydroxylation is 1. The highest BCUT2D eigenvalue weighted by molar-refractivity contribution is 6.17. The Morgan fingerprint density at radius 3 is 2.52 bits per heavy atom. The molecule has 7 heteroatoms. The lowest BCUT2D eigenvalue weighted by Crippen LogP contribution is -2.38. The number of hydrogen-bond acceptors (Lipinski definition) is 4. The van der Waals surface area contributed by atoms with Crippen LogP contribution in [0.3, 0.4) is 0 Å². The van der Waals surface area contributed by atoms with E-state index in [4.69, 9.17) is 10.8 Å². The van der Waals surface area contributed by atoms with Gasteiger partial charge in [-0.25, -0.2) is 8.78 Å². The fraction of sp³-hybridized carbons (Fsp3) is 0.278. The van der Waals surface area contributed by atoms with Gasteiger partial charge < -0.3 is 4.90 Å². The number of rotatable bonds is 2. The van der Waals surface area contributed by atoms with E-state index in [1.165, 1.54) is 24.1 Å². The number of halogens is 2. The molecule has 0 atom stereocenters. The van der Waals surface area contributed by atoms with Crippen molar-refractivity contribution in [1.82, 2.24) is 4.98 Å². The molecule has 1 aromatic carbocycles. The molecule has 2 heterocycles. The number of nitrogens with one attached hydrogen (secondary N) is 2. The largest absolute Gasteiger partial charge is 0.375 e. The molecule has 0 spiro atoms. The second kappa shape index (κ2) is 6.23. The highest BCUT2D eigenvalue weighted by atomic mass is 19.1. The maximum Gasteiger partial charge on any atom is 0.165 e. The number of nitrogens with zero attached hydrogens (tertiary/aromatic N) is 3. The Morgan fingerprint density at radius 2 is 1.88 bits per heavy atom. The van der Waals surface area contributed by atoms with E-state index < -0.39 is 11.6 Å². The van der Waals surface area contributed by atoms with Gasteiger partial charge in [0.2, 0.25) is 0 Å². The average molecular weight is 343 g/mol. The van der Waals surface area contributed by atoms with Crippen LogP contribution in [0.2, 0.25) is 0 Å². The zero-order valence-electron chi connectivity index (χ0n) is 14.3. The van der Waals surface area contributed by atoms with Gasteiger partial charge in [0.05, 0.1) is 17.6 Å². The Balaban J connectivity index is 2.21. The minimum Gasteiger partial charge on any atom is -0.375 e. The van der Waals surface area contributed by atoms with E-state index in [2.05, 4.69) is 4.98 Å². The maximum absolute atomic E-state index is 14.9. The first-order chi connectivity index (χ1) is 11.8. The highest BCUT2D eigenvalue weighted by Crippen LogP contribution is 2.38. The smallest absolute Gasteiger partial charge is 0.165 e. The van der Waals surface area contributed by atoms with Crippen molar-refractivity contribution in [2.24, 2.45) is 0 Å². The van der Waals surface area contributed by atoms with Crippen LogP contribution in [0.4, 0.5) is 20.2 Å². The Hall–Kier alpha value is -2.83. The molecule has 0 bridgehead atoms. The van der Waals surface area contributed by atoms with Gasteiger partial charge in [-0.3, -0.25) is 20.7 Å². The number of benzene rings is 1. The first kappa shape index (κ1) is 17.0. The zero-order chi connectivity index (χ0) is 18.3. The SMILES string of the molecule is CC(=N)N1C(=N)CCc2cc(-c3cncc(F)c3N(C)C)cc(F)c21. The number of amidine groups is 2. The molecule has 2 aromatic rings. The molecule has 1 aromatic heterocycles. The molecule has 0 unspecified atom stereocenters. The fourth-order valence-electron chi connectivity index (χ4n) is 3.22. The lowest BCUT2D eigenvalue weighted by molar-refractivity contribution is 0.619. The van der Waals surface area contributed by atoms with Crippen LogP contribution >= 0.6 is 0 Å². The molecule has 0 saturated carbocycles. The molecular weight excluding hydrogens is 324 g/mol. The van der Waals surface area contributed by atoms with Crippen molar-refractivity contribution < 1.29 is 8.78 Å². The van der Waals surface area contributed by atoms with Crippen molar-refractivity contribution in [3.8, 4) is 11.1 Å². The van der Waals surface area contributed by atoms with Crippen molar-refractivity contribution in [3.05, 3.63) is 41.7 Å². The van der Waals surface area contributed by atoms with Crippen molar-refractivity contribution in [1.29, 1.82) is 10.8 Å². The van der Waals surface area contributed by atoms with Crippen molar-refractivity contribution in [3.63, 3.8) is 0 Å². The lowest BCUT2D eigenvalue weighted by atomic mass is 9.94. The van der Waals surface area contributed by atoms with Gasteiger partial charge in [-0.15, -0.1) is 0 Å². The third-order valence-electron chi connectivity index (χ3n) is 4.23. The molecule has 5 nitrogen and oxygen atoms in total. The summed E-state index contributed by atoms with van der Waals surface area (Å²) < 4.78 is 29.1. The van der Waals surface area contributed by atoms with Gasteiger partial charge in [-0.05, 0) is 36.6 Å². The van der Waals surface area contributed by atoms with Crippen LogP contribution in [0.1, 0.15) is 18.9 Å². The van der Waals surface area contributed by atoms with E-state index in [0.29, 0.717) is 35.2 Å². The fourth-order valence-corrected chi connectivity index (χ4v) is 3.22. The normalized spacial score (nSPS) is 13.6. The van der Waals surface area contributed by atoms with Crippen molar-refractivity contribution in [2.45, 2.75) is 19.8 Å². The Morgan fingerprint density at radius 1 is 1.16 bits per heavy atom. The molecule has 0 fully saturated rings. The molecule has 1 aliphatic heterocycles. The van der Waals surface area contributed by atoms with Gasteiger partial charge in [0.15, 0.2) is 5.82 Å². The molecule has 0 aliphatic carbocycles. The summed E-state index contributed by atoms with van der Waals surface area (Å²) in [5, 5.41) is 15.8. The number of aromatic nitrogens is 1. The van der Waals surface area contributed by atoms with Crippen molar-refractivity contribution >= 4 is 23.0 Å². The number of hydrogen-bond donors (Lipinski definition) is 2. The number of pyridine rings is 1. The summed E-state index contributed by atoms with van der Waals surface area (Å²) >= 11 is 0. The van der Waals surface area contributed by atoms with Crippen molar-refractivity contribution in [2.75, 3.05) is 23.9 Å². The first-order valence-corrected chi connectivity index (χ1v) is 7.87. The Kier molecular flexibility index (Phi) is 4.24. The van der Waals surface area contributed by atoms with Gasteiger partial charge in [0, 0.05) is 32.3 Å².